The zero-order chi connectivity index (χ0) is 13.9. The van der Waals surface area contributed by atoms with Crippen LogP contribution in [0.15, 0.2) is 42.5 Å². The summed E-state index contributed by atoms with van der Waals surface area (Å²) >= 11 is 0. The molecule has 0 aliphatic heterocycles. The Bertz CT molecular complexity index is 718. The topological polar surface area (TPSA) is 65.4 Å². The number of hydrogen-bond acceptors (Lipinski definition) is 4. The lowest BCUT2D eigenvalue weighted by Gasteiger charge is -2.04. The van der Waals surface area contributed by atoms with Crippen molar-refractivity contribution in [3.8, 4) is 5.75 Å². The van der Waals surface area contributed by atoms with E-state index in [0.717, 1.165) is 30.1 Å². The van der Waals surface area contributed by atoms with Crippen molar-refractivity contribution in [2.45, 2.75) is 12.8 Å². The van der Waals surface area contributed by atoms with Gasteiger partial charge in [0.15, 0.2) is 5.65 Å². The molecule has 3 aromatic rings. The Labute approximate surface area is 117 Å². The first-order valence-corrected chi connectivity index (χ1v) is 6.49. The molecule has 0 bridgehead atoms. The highest BCUT2D eigenvalue weighted by molar-refractivity contribution is 5.47. The van der Waals surface area contributed by atoms with Crippen molar-refractivity contribution < 1.29 is 4.74 Å². The van der Waals surface area contributed by atoms with Crippen molar-refractivity contribution in [1.29, 1.82) is 0 Å². The zero-order valence-corrected chi connectivity index (χ0v) is 11.3. The normalized spacial score (nSPS) is 10.8. The highest BCUT2D eigenvalue weighted by atomic mass is 16.5. The summed E-state index contributed by atoms with van der Waals surface area (Å²) < 4.78 is 7.04. The minimum absolute atomic E-state index is 0.664. The van der Waals surface area contributed by atoms with E-state index in [1.165, 1.54) is 5.56 Å². The van der Waals surface area contributed by atoms with E-state index in [0.29, 0.717) is 5.82 Å². The molecule has 0 atom stereocenters. The van der Waals surface area contributed by atoms with Gasteiger partial charge in [-0.05, 0) is 36.2 Å². The van der Waals surface area contributed by atoms with Gasteiger partial charge in [0.1, 0.15) is 17.4 Å². The largest absolute Gasteiger partial charge is 0.497 e. The number of fused-ring (bicyclic) bond motifs is 1. The van der Waals surface area contributed by atoms with E-state index in [4.69, 9.17) is 10.5 Å². The third kappa shape index (κ3) is 2.30. The minimum atomic E-state index is 0.664. The van der Waals surface area contributed by atoms with Crippen LogP contribution in [0.3, 0.4) is 0 Å². The van der Waals surface area contributed by atoms with Gasteiger partial charge in [-0.15, -0.1) is 10.2 Å². The second-order valence-electron chi connectivity index (χ2n) is 4.61. The molecule has 0 unspecified atom stereocenters. The van der Waals surface area contributed by atoms with Crippen molar-refractivity contribution in [2.75, 3.05) is 12.8 Å². The molecule has 0 aliphatic rings. The smallest absolute Gasteiger partial charge is 0.162 e. The van der Waals surface area contributed by atoms with Crippen molar-refractivity contribution in [3.63, 3.8) is 0 Å². The Balaban J connectivity index is 1.79. The molecule has 0 spiro atoms. The number of nitrogens with zero attached hydrogens (tertiary/aromatic N) is 3. The van der Waals surface area contributed by atoms with Crippen LogP contribution in [0.1, 0.15) is 11.4 Å². The minimum Gasteiger partial charge on any atom is -0.497 e. The van der Waals surface area contributed by atoms with E-state index in [9.17, 15) is 0 Å². The van der Waals surface area contributed by atoms with Gasteiger partial charge >= 0.3 is 0 Å². The Morgan fingerprint density at radius 3 is 2.60 bits per heavy atom. The second-order valence-corrected chi connectivity index (χ2v) is 4.61. The lowest BCUT2D eigenvalue weighted by Crippen LogP contribution is -2.02. The van der Waals surface area contributed by atoms with Crippen LogP contribution in [0.25, 0.3) is 5.65 Å². The lowest BCUT2D eigenvalue weighted by atomic mass is 10.1. The SMILES string of the molecule is COc1ccc(CCc2nnc3cccc(N)n23)cc1. The fraction of sp³-hybridized carbons (Fsp3) is 0.200. The standard InChI is InChI=1S/C15H16N4O/c1-20-12-8-5-11(6-9-12)7-10-15-18-17-14-4-2-3-13(16)19(14)15/h2-6,8-9H,7,10,16H2,1H3. The van der Waals surface area contributed by atoms with Crippen LogP contribution in [-0.4, -0.2) is 21.7 Å². The quantitative estimate of drug-likeness (QED) is 0.787. The highest BCUT2D eigenvalue weighted by Crippen LogP contribution is 2.15. The number of ether oxygens (including phenoxy) is 1. The van der Waals surface area contributed by atoms with Gasteiger partial charge < -0.3 is 10.5 Å². The van der Waals surface area contributed by atoms with Crippen molar-refractivity contribution in [3.05, 3.63) is 53.9 Å². The van der Waals surface area contributed by atoms with Crippen LogP contribution in [-0.2, 0) is 12.8 Å². The van der Waals surface area contributed by atoms with Crippen LogP contribution in [0.4, 0.5) is 5.82 Å². The van der Waals surface area contributed by atoms with Gasteiger partial charge in [0.05, 0.1) is 7.11 Å². The third-order valence-electron chi connectivity index (χ3n) is 3.32. The Morgan fingerprint density at radius 2 is 1.85 bits per heavy atom. The number of aryl methyl sites for hydroxylation is 2. The average Bonchev–Trinajstić information content (AvgIpc) is 2.90. The summed E-state index contributed by atoms with van der Waals surface area (Å²) in [6.45, 7) is 0. The van der Waals surface area contributed by atoms with Crippen LogP contribution in [0, 0.1) is 0 Å². The molecule has 3 rings (SSSR count). The average molecular weight is 268 g/mol. The molecule has 2 heterocycles. The summed E-state index contributed by atoms with van der Waals surface area (Å²) in [5.74, 6) is 2.41. The molecule has 1 aromatic carbocycles. The third-order valence-corrected chi connectivity index (χ3v) is 3.32. The van der Waals surface area contributed by atoms with Gasteiger partial charge in [-0.2, -0.15) is 0 Å². The first-order valence-electron chi connectivity index (χ1n) is 6.49. The van der Waals surface area contributed by atoms with Gasteiger partial charge in [-0.3, -0.25) is 4.40 Å². The van der Waals surface area contributed by atoms with Gasteiger partial charge in [-0.25, -0.2) is 0 Å². The van der Waals surface area contributed by atoms with Crippen LogP contribution in [0.2, 0.25) is 0 Å². The number of hydrogen-bond donors (Lipinski definition) is 1. The number of nitrogens with two attached hydrogens (primary N) is 1. The molecule has 0 amide bonds. The number of aromatic nitrogens is 3. The van der Waals surface area contributed by atoms with Crippen molar-refractivity contribution in [1.82, 2.24) is 14.6 Å². The maximum atomic E-state index is 5.97. The highest BCUT2D eigenvalue weighted by Gasteiger charge is 2.07. The van der Waals surface area contributed by atoms with Crippen LogP contribution < -0.4 is 10.5 Å². The Hall–Kier alpha value is -2.56. The van der Waals surface area contributed by atoms with Gasteiger partial charge in [0.25, 0.3) is 0 Å². The fourth-order valence-corrected chi connectivity index (χ4v) is 2.24. The molecule has 2 aromatic heterocycles. The maximum Gasteiger partial charge on any atom is 0.162 e. The number of pyridine rings is 1. The molecule has 0 fully saturated rings. The molecule has 20 heavy (non-hydrogen) atoms. The summed E-state index contributed by atoms with van der Waals surface area (Å²) in [5, 5.41) is 8.35. The molecule has 0 saturated carbocycles. The van der Waals surface area contributed by atoms with E-state index in [2.05, 4.69) is 22.3 Å². The van der Waals surface area contributed by atoms with Crippen molar-refractivity contribution >= 4 is 11.5 Å². The molecular weight excluding hydrogens is 252 g/mol. The predicted molar refractivity (Wildman–Crippen MR) is 77.8 cm³/mol. The number of methoxy groups -OCH3 is 1. The summed E-state index contributed by atoms with van der Waals surface area (Å²) in [6, 6.07) is 13.7. The van der Waals surface area contributed by atoms with E-state index < -0.39 is 0 Å². The van der Waals surface area contributed by atoms with Crippen LogP contribution in [0.5, 0.6) is 5.75 Å². The molecule has 5 nitrogen and oxygen atoms in total. The first kappa shape index (κ1) is 12.5. The van der Waals surface area contributed by atoms with E-state index in [1.807, 2.05) is 34.7 Å². The van der Waals surface area contributed by atoms with Gasteiger partial charge in [-0.1, -0.05) is 18.2 Å². The van der Waals surface area contributed by atoms with E-state index in [-0.39, 0.29) is 0 Å². The van der Waals surface area contributed by atoms with Crippen molar-refractivity contribution in [2.24, 2.45) is 0 Å². The molecular formula is C15H16N4O. The predicted octanol–water partition coefficient (Wildman–Crippen LogP) is 2.11. The number of anilines is 1. The Kier molecular flexibility index (Phi) is 3.25. The summed E-state index contributed by atoms with van der Waals surface area (Å²) in [6.07, 6.45) is 1.68. The number of nitrogen functional groups attached to an aromatic ring is 1. The number of rotatable bonds is 4. The Morgan fingerprint density at radius 1 is 1.05 bits per heavy atom. The summed E-state index contributed by atoms with van der Waals surface area (Å²) in [4.78, 5) is 0. The van der Waals surface area contributed by atoms with Gasteiger partial charge in [0, 0.05) is 6.42 Å². The molecule has 0 aliphatic carbocycles. The fourth-order valence-electron chi connectivity index (χ4n) is 2.24. The number of benzene rings is 1. The zero-order valence-electron chi connectivity index (χ0n) is 11.3. The summed E-state index contributed by atoms with van der Waals surface area (Å²) in [5.41, 5.74) is 7.99. The lowest BCUT2D eigenvalue weighted by molar-refractivity contribution is 0.414. The maximum absolute atomic E-state index is 5.97. The second kappa shape index (κ2) is 5.21. The van der Waals surface area contributed by atoms with E-state index in [1.54, 1.807) is 7.11 Å². The van der Waals surface area contributed by atoms with Crippen LogP contribution >= 0.6 is 0 Å². The van der Waals surface area contributed by atoms with Gasteiger partial charge in [0.2, 0.25) is 0 Å². The molecule has 102 valence electrons. The first-order chi connectivity index (χ1) is 9.78. The molecule has 2 N–H and O–H groups in total. The summed E-state index contributed by atoms with van der Waals surface area (Å²) in [7, 11) is 1.67. The molecule has 5 heteroatoms. The van der Waals surface area contributed by atoms with E-state index >= 15 is 0 Å². The monoisotopic (exact) mass is 268 g/mol. The molecule has 0 radical (unpaired) electrons. The molecule has 0 saturated heterocycles.